The average molecular weight is 383 g/mol. The molecule has 2 aromatic rings. The molecule has 0 saturated heterocycles. The van der Waals surface area contributed by atoms with Crippen LogP contribution in [0.25, 0.3) is 0 Å². The van der Waals surface area contributed by atoms with Crippen LogP contribution in [0.2, 0.25) is 5.02 Å². The molecule has 0 spiro atoms. The smallest absolute Gasteiger partial charge is 0.305 e. The zero-order valence-electron chi connectivity index (χ0n) is 13.9. The van der Waals surface area contributed by atoms with Crippen molar-refractivity contribution in [3.05, 3.63) is 63.4 Å². The molecule has 0 fully saturated rings. The molecule has 0 radical (unpaired) electrons. The average Bonchev–Trinajstić information content (AvgIpc) is 2.59. The van der Waals surface area contributed by atoms with E-state index in [0.717, 1.165) is 12.1 Å². The molecule has 0 aliphatic rings. The fourth-order valence-corrected chi connectivity index (χ4v) is 2.14. The topological polar surface area (TPSA) is 81.9 Å². The van der Waals surface area contributed by atoms with Crippen LogP contribution in [0.5, 0.6) is 11.5 Å². The number of rotatable bonds is 8. The maximum absolute atomic E-state index is 13.5. The quantitative estimate of drug-likeness (QED) is 0.516. The summed E-state index contributed by atoms with van der Waals surface area (Å²) < 4.78 is 24.2. The second kappa shape index (κ2) is 9.00. The van der Waals surface area contributed by atoms with E-state index in [9.17, 15) is 19.3 Å². The van der Waals surface area contributed by atoms with Gasteiger partial charge in [-0.3, -0.25) is 14.9 Å². The molecule has 26 heavy (non-hydrogen) atoms. The molecular formula is C17H16ClFN2O5. The number of nitrogens with zero attached hydrogens (tertiary/aromatic N) is 2. The van der Waals surface area contributed by atoms with Crippen molar-refractivity contribution in [2.45, 2.75) is 0 Å². The molecule has 0 aliphatic heterocycles. The van der Waals surface area contributed by atoms with Crippen LogP contribution >= 0.6 is 11.6 Å². The molecular weight excluding hydrogens is 367 g/mol. The van der Waals surface area contributed by atoms with Gasteiger partial charge in [0.2, 0.25) is 5.82 Å². The highest BCUT2D eigenvalue weighted by Gasteiger charge is 2.15. The Morgan fingerprint density at radius 2 is 1.96 bits per heavy atom. The third kappa shape index (κ3) is 5.59. The number of halogens is 2. The van der Waals surface area contributed by atoms with Crippen LogP contribution in [0.15, 0.2) is 42.5 Å². The Bertz CT molecular complexity index is 802. The molecule has 0 bridgehead atoms. The van der Waals surface area contributed by atoms with Gasteiger partial charge in [-0.05, 0) is 24.3 Å². The SMILES string of the molecule is CN(CCOc1cccc(Cl)c1)C(=O)COc1ccc([N+](=O)[O-])c(F)c1. The van der Waals surface area contributed by atoms with E-state index in [1.54, 1.807) is 31.3 Å². The van der Waals surface area contributed by atoms with Crippen molar-refractivity contribution in [3.8, 4) is 11.5 Å². The van der Waals surface area contributed by atoms with E-state index < -0.39 is 16.4 Å². The second-order valence-electron chi connectivity index (χ2n) is 5.28. The molecule has 0 unspecified atom stereocenters. The number of benzene rings is 2. The van der Waals surface area contributed by atoms with Gasteiger partial charge < -0.3 is 14.4 Å². The predicted molar refractivity (Wildman–Crippen MR) is 93.1 cm³/mol. The van der Waals surface area contributed by atoms with E-state index in [1.807, 2.05) is 0 Å². The highest BCUT2D eigenvalue weighted by atomic mass is 35.5. The summed E-state index contributed by atoms with van der Waals surface area (Å²) in [5.74, 6) is -0.748. The molecule has 1 amide bonds. The first-order chi connectivity index (χ1) is 12.4. The summed E-state index contributed by atoms with van der Waals surface area (Å²) in [6.07, 6.45) is 0. The number of amides is 1. The molecule has 138 valence electrons. The fraction of sp³-hybridized carbons (Fsp3) is 0.235. The lowest BCUT2D eigenvalue weighted by molar-refractivity contribution is -0.387. The summed E-state index contributed by atoms with van der Waals surface area (Å²) in [6.45, 7) is 0.239. The van der Waals surface area contributed by atoms with Gasteiger partial charge in [-0.15, -0.1) is 0 Å². The Morgan fingerprint density at radius 3 is 2.62 bits per heavy atom. The van der Waals surface area contributed by atoms with Crippen molar-refractivity contribution >= 4 is 23.2 Å². The molecule has 0 atom stereocenters. The number of hydrogen-bond donors (Lipinski definition) is 0. The van der Waals surface area contributed by atoms with Crippen LogP contribution in [-0.4, -0.2) is 42.5 Å². The van der Waals surface area contributed by atoms with Crippen molar-refractivity contribution < 1.29 is 23.6 Å². The molecule has 7 nitrogen and oxygen atoms in total. The van der Waals surface area contributed by atoms with Crippen molar-refractivity contribution in [2.24, 2.45) is 0 Å². The minimum Gasteiger partial charge on any atom is -0.492 e. The van der Waals surface area contributed by atoms with Gasteiger partial charge in [-0.1, -0.05) is 17.7 Å². The Labute approximate surface area is 154 Å². The lowest BCUT2D eigenvalue weighted by atomic mass is 10.3. The Hall–Kier alpha value is -2.87. The third-order valence-electron chi connectivity index (χ3n) is 3.40. The summed E-state index contributed by atoms with van der Waals surface area (Å²) >= 11 is 5.85. The van der Waals surface area contributed by atoms with Gasteiger partial charge in [-0.2, -0.15) is 4.39 Å². The third-order valence-corrected chi connectivity index (χ3v) is 3.63. The van der Waals surface area contributed by atoms with Gasteiger partial charge in [-0.25, -0.2) is 0 Å². The Morgan fingerprint density at radius 1 is 1.23 bits per heavy atom. The number of ether oxygens (including phenoxy) is 2. The van der Waals surface area contributed by atoms with Crippen LogP contribution < -0.4 is 9.47 Å². The zero-order valence-corrected chi connectivity index (χ0v) is 14.6. The second-order valence-corrected chi connectivity index (χ2v) is 5.72. The van der Waals surface area contributed by atoms with E-state index in [4.69, 9.17) is 21.1 Å². The molecule has 2 rings (SSSR count). The van der Waals surface area contributed by atoms with E-state index >= 15 is 0 Å². The van der Waals surface area contributed by atoms with E-state index in [0.29, 0.717) is 17.3 Å². The summed E-state index contributed by atoms with van der Waals surface area (Å²) in [5, 5.41) is 11.1. The van der Waals surface area contributed by atoms with E-state index in [-0.39, 0.29) is 24.9 Å². The normalized spacial score (nSPS) is 10.3. The lowest BCUT2D eigenvalue weighted by Crippen LogP contribution is -2.34. The number of nitro benzene ring substituents is 1. The lowest BCUT2D eigenvalue weighted by Gasteiger charge is -2.18. The van der Waals surface area contributed by atoms with Crippen LogP contribution in [0.4, 0.5) is 10.1 Å². The molecule has 2 aromatic carbocycles. The Kier molecular flexibility index (Phi) is 6.74. The summed E-state index contributed by atoms with van der Waals surface area (Å²) in [5.41, 5.74) is -0.654. The van der Waals surface area contributed by atoms with Crippen LogP contribution in [0, 0.1) is 15.9 Å². The standard InChI is InChI=1S/C17H16ClFN2O5/c1-20(7-8-25-13-4-2-3-12(18)9-13)17(22)11-26-14-5-6-16(21(23)24)15(19)10-14/h2-6,9-10H,7-8,11H2,1H3. The monoisotopic (exact) mass is 382 g/mol. The van der Waals surface area contributed by atoms with Crippen molar-refractivity contribution in [3.63, 3.8) is 0 Å². The predicted octanol–water partition coefficient (Wildman–Crippen LogP) is 3.30. The first-order valence-corrected chi connectivity index (χ1v) is 7.93. The maximum atomic E-state index is 13.5. The van der Waals surface area contributed by atoms with E-state index in [2.05, 4.69) is 0 Å². The summed E-state index contributed by atoms with van der Waals surface area (Å²) in [4.78, 5) is 23.1. The molecule has 9 heteroatoms. The van der Waals surface area contributed by atoms with Gasteiger partial charge in [0, 0.05) is 24.2 Å². The Balaban J connectivity index is 1.78. The highest BCUT2D eigenvalue weighted by Crippen LogP contribution is 2.22. The number of carbonyl (C=O) groups is 1. The molecule has 0 heterocycles. The minimum atomic E-state index is -1.02. The van der Waals surface area contributed by atoms with Crippen molar-refractivity contribution in [1.82, 2.24) is 4.90 Å². The van der Waals surface area contributed by atoms with Crippen LogP contribution in [0.1, 0.15) is 0 Å². The van der Waals surface area contributed by atoms with Crippen molar-refractivity contribution in [2.75, 3.05) is 26.8 Å². The van der Waals surface area contributed by atoms with Gasteiger partial charge >= 0.3 is 5.69 Å². The number of nitro groups is 1. The number of hydrogen-bond acceptors (Lipinski definition) is 5. The zero-order chi connectivity index (χ0) is 19.1. The summed E-state index contributed by atoms with van der Waals surface area (Å²) in [6, 6.07) is 9.98. The first kappa shape index (κ1) is 19.5. The van der Waals surface area contributed by atoms with Crippen LogP contribution in [-0.2, 0) is 4.79 Å². The largest absolute Gasteiger partial charge is 0.492 e. The molecule has 0 aromatic heterocycles. The molecule has 0 N–H and O–H groups in total. The molecule has 0 saturated carbocycles. The van der Waals surface area contributed by atoms with Gasteiger partial charge in [0.25, 0.3) is 5.91 Å². The minimum absolute atomic E-state index is 0.0324. The van der Waals surface area contributed by atoms with E-state index in [1.165, 1.54) is 11.0 Å². The maximum Gasteiger partial charge on any atom is 0.305 e. The van der Waals surface area contributed by atoms with Crippen LogP contribution in [0.3, 0.4) is 0 Å². The number of carbonyl (C=O) groups excluding carboxylic acids is 1. The molecule has 0 aliphatic carbocycles. The van der Waals surface area contributed by atoms with Crippen molar-refractivity contribution in [1.29, 1.82) is 0 Å². The van der Waals surface area contributed by atoms with Gasteiger partial charge in [0.15, 0.2) is 6.61 Å². The fourth-order valence-electron chi connectivity index (χ4n) is 1.96. The summed E-state index contributed by atoms with van der Waals surface area (Å²) in [7, 11) is 1.57. The van der Waals surface area contributed by atoms with Gasteiger partial charge in [0.1, 0.15) is 18.1 Å². The number of likely N-dealkylation sites (N-methyl/N-ethyl adjacent to an activating group) is 1. The van der Waals surface area contributed by atoms with Gasteiger partial charge in [0.05, 0.1) is 11.5 Å². The highest BCUT2D eigenvalue weighted by molar-refractivity contribution is 6.30. The first-order valence-electron chi connectivity index (χ1n) is 7.56.